The van der Waals surface area contributed by atoms with Crippen LogP contribution in [-0.2, 0) is 0 Å². The highest BCUT2D eigenvalue weighted by Crippen LogP contribution is 2.29. The zero-order valence-electron chi connectivity index (χ0n) is 12.5. The minimum atomic E-state index is 0.202. The first kappa shape index (κ1) is 15.2. The van der Waals surface area contributed by atoms with E-state index in [0.29, 0.717) is 5.69 Å². The highest BCUT2D eigenvalue weighted by Gasteiger charge is 2.11. The maximum absolute atomic E-state index is 6.03. The van der Waals surface area contributed by atoms with Crippen LogP contribution in [0.3, 0.4) is 0 Å². The van der Waals surface area contributed by atoms with E-state index in [1.54, 1.807) is 12.2 Å². The standard InChI is InChI=1S/C20H15ClN2/c1-3-17-18(4-2)22-20(21)23-19(17)16-12-10-15(11-13-16)14-8-6-5-7-9-14/h3-13H,1-2H2. The van der Waals surface area contributed by atoms with Crippen LogP contribution in [0.25, 0.3) is 34.5 Å². The molecule has 23 heavy (non-hydrogen) atoms. The Morgan fingerprint density at radius 1 is 0.739 bits per heavy atom. The van der Waals surface area contributed by atoms with E-state index >= 15 is 0 Å². The fourth-order valence-electron chi connectivity index (χ4n) is 2.49. The maximum atomic E-state index is 6.03. The number of rotatable bonds is 4. The Hall–Kier alpha value is -2.71. The summed E-state index contributed by atoms with van der Waals surface area (Å²) in [5.41, 5.74) is 5.56. The molecule has 1 aromatic heterocycles. The van der Waals surface area contributed by atoms with Crippen molar-refractivity contribution in [2.24, 2.45) is 0 Å². The molecule has 0 atom stereocenters. The third kappa shape index (κ3) is 3.08. The van der Waals surface area contributed by atoms with Gasteiger partial charge in [-0.1, -0.05) is 73.8 Å². The fraction of sp³-hybridized carbons (Fsp3) is 0. The summed E-state index contributed by atoms with van der Waals surface area (Å²) in [6, 6.07) is 18.4. The maximum Gasteiger partial charge on any atom is 0.223 e. The molecule has 112 valence electrons. The summed E-state index contributed by atoms with van der Waals surface area (Å²) in [6.07, 6.45) is 3.39. The van der Waals surface area contributed by atoms with Gasteiger partial charge < -0.3 is 0 Å². The molecule has 0 bridgehead atoms. The van der Waals surface area contributed by atoms with E-state index in [1.807, 2.05) is 30.3 Å². The van der Waals surface area contributed by atoms with Crippen LogP contribution in [0.15, 0.2) is 67.8 Å². The van der Waals surface area contributed by atoms with E-state index in [0.717, 1.165) is 22.4 Å². The van der Waals surface area contributed by atoms with Crippen molar-refractivity contribution < 1.29 is 0 Å². The molecule has 0 aliphatic rings. The van der Waals surface area contributed by atoms with E-state index in [4.69, 9.17) is 11.6 Å². The summed E-state index contributed by atoms with van der Waals surface area (Å²) in [5.74, 6) is 0. The second-order valence-electron chi connectivity index (χ2n) is 4.99. The molecule has 1 heterocycles. The van der Waals surface area contributed by atoms with E-state index in [-0.39, 0.29) is 5.28 Å². The summed E-state index contributed by atoms with van der Waals surface area (Å²) in [4.78, 5) is 8.54. The van der Waals surface area contributed by atoms with Crippen molar-refractivity contribution in [2.75, 3.05) is 0 Å². The van der Waals surface area contributed by atoms with Gasteiger partial charge in [-0.15, -0.1) is 0 Å². The molecule has 2 aromatic carbocycles. The van der Waals surface area contributed by atoms with Gasteiger partial charge >= 0.3 is 0 Å². The van der Waals surface area contributed by atoms with Crippen molar-refractivity contribution >= 4 is 23.8 Å². The first-order chi connectivity index (χ1) is 11.2. The third-order valence-corrected chi connectivity index (χ3v) is 3.78. The average Bonchev–Trinajstić information content (AvgIpc) is 2.61. The lowest BCUT2D eigenvalue weighted by Gasteiger charge is -2.10. The fourth-order valence-corrected chi connectivity index (χ4v) is 2.66. The van der Waals surface area contributed by atoms with E-state index in [9.17, 15) is 0 Å². The molecule has 2 nitrogen and oxygen atoms in total. The number of nitrogens with zero attached hydrogens (tertiary/aromatic N) is 2. The second-order valence-corrected chi connectivity index (χ2v) is 5.33. The Bertz CT molecular complexity index is 853. The average molecular weight is 319 g/mol. The molecule has 3 rings (SSSR count). The van der Waals surface area contributed by atoms with Crippen LogP contribution in [0.4, 0.5) is 0 Å². The molecular formula is C20H15ClN2. The molecule has 0 saturated carbocycles. The molecule has 0 fully saturated rings. The summed E-state index contributed by atoms with van der Waals surface area (Å²) in [6.45, 7) is 7.62. The SMILES string of the molecule is C=Cc1nc(Cl)nc(-c2ccc(-c3ccccc3)cc2)c1C=C. The molecule has 0 aliphatic heterocycles. The Kier molecular flexibility index (Phi) is 4.35. The highest BCUT2D eigenvalue weighted by atomic mass is 35.5. The van der Waals surface area contributed by atoms with Crippen molar-refractivity contribution in [3.63, 3.8) is 0 Å². The monoisotopic (exact) mass is 318 g/mol. The van der Waals surface area contributed by atoms with Gasteiger partial charge in [-0.05, 0) is 28.8 Å². The summed E-state index contributed by atoms with van der Waals surface area (Å²) in [7, 11) is 0. The molecule has 0 spiro atoms. The lowest BCUT2D eigenvalue weighted by atomic mass is 10.00. The minimum absolute atomic E-state index is 0.202. The molecule has 0 N–H and O–H groups in total. The van der Waals surface area contributed by atoms with Crippen LogP contribution in [0.5, 0.6) is 0 Å². The van der Waals surface area contributed by atoms with Crippen molar-refractivity contribution in [1.82, 2.24) is 9.97 Å². The Labute approximate surface area is 140 Å². The number of halogens is 1. The van der Waals surface area contributed by atoms with Crippen molar-refractivity contribution in [3.05, 3.63) is 84.3 Å². The zero-order valence-corrected chi connectivity index (χ0v) is 13.3. The van der Waals surface area contributed by atoms with E-state index < -0.39 is 0 Å². The van der Waals surface area contributed by atoms with Gasteiger partial charge in [-0.2, -0.15) is 0 Å². The van der Waals surface area contributed by atoms with Gasteiger partial charge in [0.05, 0.1) is 11.4 Å². The predicted octanol–water partition coefficient (Wildman–Crippen LogP) is 5.75. The van der Waals surface area contributed by atoms with Crippen LogP contribution in [0, 0.1) is 0 Å². The largest absolute Gasteiger partial charge is 0.223 e. The van der Waals surface area contributed by atoms with Crippen LogP contribution in [-0.4, -0.2) is 9.97 Å². The smallest absolute Gasteiger partial charge is 0.218 e. The van der Waals surface area contributed by atoms with Gasteiger partial charge in [0.1, 0.15) is 0 Å². The highest BCUT2D eigenvalue weighted by molar-refractivity contribution is 6.28. The topological polar surface area (TPSA) is 25.8 Å². The van der Waals surface area contributed by atoms with Gasteiger partial charge in [0.2, 0.25) is 5.28 Å². The summed E-state index contributed by atoms with van der Waals surface area (Å²) in [5, 5.41) is 0.202. The number of aromatic nitrogens is 2. The number of hydrogen-bond donors (Lipinski definition) is 0. The first-order valence-electron chi connectivity index (χ1n) is 7.21. The van der Waals surface area contributed by atoms with Gasteiger partial charge in [0, 0.05) is 11.1 Å². The lowest BCUT2D eigenvalue weighted by molar-refractivity contribution is 1.15. The predicted molar refractivity (Wildman–Crippen MR) is 98.1 cm³/mol. The van der Waals surface area contributed by atoms with Crippen molar-refractivity contribution in [3.8, 4) is 22.4 Å². The van der Waals surface area contributed by atoms with Crippen LogP contribution in [0.1, 0.15) is 11.3 Å². The Balaban J connectivity index is 2.08. The number of hydrogen-bond acceptors (Lipinski definition) is 2. The second kappa shape index (κ2) is 6.59. The molecular weight excluding hydrogens is 304 g/mol. The molecule has 0 radical (unpaired) electrons. The van der Waals surface area contributed by atoms with Crippen LogP contribution < -0.4 is 0 Å². The van der Waals surface area contributed by atoms with Gasteiger partial charge in [-0.3, -0.25) is 0 Å². The molecule has 0 unspecified atom stereocenters. The molecule has 0 aliphatic carbocycles. The van der Waals surface area contributed by atoms with Crippen LogP contribution in [0.2, 0.25) is 5.28 Å². The van der Waals surface area contributed by atoms with Gasteiger partial charge in [0.15, 0.2) is 0 Å². The van der Waals surface area contributed by atoms with Crippen molar-refractivity contribution in [2.45, 2.75) is 0 Å². The third-order valence-electron chi connectivity index (χ3n) is 3.61. The van der Waals surface area contributed by atoms with E-state index in [2.05, 4.69) is 47.4 Å². The quantitative estimate of drug-likeness (QED) is 0.572. The zero-order chi connectivity index (χ0) is 16.2. The first-order valence-corrected chi connectivity index (χ1v) is 7.59. The Morgan fingerprint density at radius 3 is 1.96 bits per heavy atom. The van der Waals surface area contributed by atoms with Gasteiger partial charge in [0.25, 0.3) is 0 Å². The van der Waals surface area contributed by atoms with E-state index in [1.165, 1.54) is 5.56 Å². The molecule has 3 aromatic rings. The lowest BCUT2D eigenvalue weighted by Crippen LogP contribution is -1.96. The van der Waals surface area contributed by atoms with Gasteiger partial charge in [-0.25, -0.2) is 9.97 Å². The number of benzene rings is 2. The molecule has 3 heteroatoms. The summed E-state index contributed by atoms with van der Waals surface area (Å²) < 4.78 is 0. The minimum Gasteiger partial charge on any atom is -0.218 e. The summed E-state index contributed by atoms with van der Waals surface area (Å²) >= 11 is 6.03. The molecule has 0 saturated heterocycles. The normalized spacial score (nSPS) is 10.3. The Morgan fingerprint density at radius 2 is 1.35 bits per heavy atom. The van der Waals surface area contributed by atoms with Crippen molar-refractivity contribution in [1.29, 1.82) is 0 Å². The van der Waals surface area contributed by atoms with Crippen LogP contribution >= 0.6 is 11.6 Å². The molecule has 0 amide bonds.